The van der Waals surface area contributed by atoms with Crippen molar-refractivity contribution in [3.63, 3.8) is 0 Å². The Morgan fingerprint density at radius 1 is 1.11 bits per heavy atom. The van der Waals surface area contributed by atoms with Gasteiger partial charge in [0.05, 0.1) is 14.2 Å². The van der Waals surface area contributed by atoms with E-state index in [9.17, 15) is 4.79 Å². The molecule has 0 saturated carbocycles. The smallest absolute Gasteiger partial charge is 0.194 e. The van der Waals surface area contributed by atoms with Crippen LogP contribution in [-0.4, -0.2) is 20.0 Å². The highest BCUT2D eigenvalue weighted by atomic mass is 32.1. The van der Waals surface area contributed by atoms with Crippen LogP contribution in [0.15, 0.2) is 29.6 Å². The first-order chi connectivity index (χ1) is 8.67. The maximum absolute atomic E-state index is 12.3. The highest BCUT2D eigenvalue weighted by molar-refractivity contribution is 7.10. The van der Waals surface area contributed by atoms with Crippen molar-refractivity contribution < 1.29 is 14.3 Å². The summed E-state index contributed by atoms with van der Waals surface area (Å²) in [5.41, 5.74) is 1.35. The SMILES string of the molecule is COc1ccc(C(=O)c2ccsc2C)cc1OC. The third-order valence-electron chi connectivity index (χ3n) is 2.75. The Balaban J connectivity index is 2.40. The van der Waals surface area contributed by atoms with Crippen LogP contribution in [-0.2, 0) is 0 Å². The van der Waals surface area contributed by atoms with Gasteiger partial charge in [0.15, 0.2) is 17.3 Å². The van der Waals surface area contributed by atoms with Crippen LogP contribution in [0.25, 0.3) is 0 Å². The standard InChI is InChI=1S/C14H14O3S/c1-9-11(6-7-18-9)14(15)10-4-5-12(16-2)13(8-10)17-3/h4-8H,1-3H3. The van der Waals surface area contributed by atoms with Crippen molar-refractivity contribution in [1.82, 2.24) is 0 Å². The van der Waals surface area contributed by atoms with Crippen molar-refractivity contribution >= 4 is 17.1 Å². The van der Waals surface area contributed by atoms with Gasteiger partial charge in [-0.3, -0.25) is 4.79 Å². The lowest BCUT2D eigenvalue weighted by molar-refractivity contribution is 0.103. The van der Waals surface area contributed by atoms with E-state index < -0.39 is 0 Å². The zero-order valence-electron chi connectivity index (χ0n) is 10.5. The highest BCUT2D eigenvalue weighted by Gasteiger charge is 2.15. The van der Waals surface area contributed by atoms with E-state index in [4.69, 9.17) is 9.47 Å². The molecule has 2 aromatic rings. The Morgan fingerprint density at radius 2 is 1.83 bits per heavy atom. The van der Waals surface area contributed by atoms with Gasteiger partial charge in [0.25, 0.3) is 0 Å². The first kappa shape index (κ1) is 12.6. The van der Waals surface area contributed by atoms with Gasteiger partial charge in [0.1, 0.15) is 0 Å². The van der Waals surface area contributed by atoms with Crippen LogP contribution >= 0.6 is 11.3 Å². The topological polar surface area (TPSA) is 35.5 Å². The largest absolute Gasteiger partial charge is 0.493 e. The summed E-state index contributed by atoms with van der Waals surface area (Å²) in [5, 5.41) is 1.92. The first-order valence-corrected chi connectivity index (χ1v) is 6.36. The molecule has 0 fully saturated rings. The zero-order valence-corrected chi connectivity index (χ0v) is 11.3. The fraction of sp³-hybridized carbons (Fsp3) is 0.214. The number of aryl methyl sites for hydroxylation is 1. The number of carbonyl (C=O) groups is 1. The van der Waals surface area contributed by atoms with Crippen molar-refractivity contribution in [2.24, 2.45) is 0 Å². The van der Waals surface area contributed by atoms with Crippen molar-refractivity contribution in [3.05, 3.63) is 45.6 Å². The average molecular weight is 262 g/mol. The van der Waals surface area contributed by atoms with Crippen LogP contribution in [0.3, 0.4) is 0 Å². The molecule has 0 unspecified atom stereocenters. The Kier molecular flexibility index (Phi) is 3.67. The molecule has 1 aromatic heterocycles. The molecule has 94 valence electrons. The Hall–Kier alpha value is -1.81. The molecule has 2 rings (SSSR count). The molecule has 0 radical (unpaired) electrons. The molecule has 0 aliphatic rings. The van der Waals surface area contributed by atoms with Gasteiger partial charge in [-0.2, -0.15) is 0 Å². The highest BCUT2D eigenvalue weighted by Crippen LogP contribution is 2.29. The Morgan fingerprint density at radius 3 is 2.39 bits per heavy atom. The van der Waals surface area contributed by atoms with E-state index in [0.717, 1.165) is 10.4 Å². The molecule has 0 spiro atoms. The van der Waals surface area contributed by atoms with Gasteiger partial charge in [0.2, 0.25) is 0 Å². The molecule has 0 bridgehead atoms. The van der Waals surface area contributed by atoms with E-state index in [1.54, 1.807) is 43.8 Å². The third-order valence-corrected chi connectivity index (χ3v) is 3.59. The van der Waals surface area contributed by atoms with Crippen molar-refractivity contribution in [2.45, 2.75) is 6.92 Å². The number of thiophene rings is 1. The number of methoxy groups -OCH3 is 2. The second kappa shape index (κ2) is 5.23. The predicted octanol–water partition coefficient (Wildman–Crippen LogP) is 3.30. The molecule has 0 aliphatic heterocycles. The fourth-order valence-corrected chi connectivity index (χ4v) is 2.45. The molecule has 3 nitrogen and oxygen atoms in total. The van der Waals surface area contributed by atoms with E-state index in [1.807, 2.05) is 18.4 Å². The van der Waals surface area contributed by atoms with Crippen LogP contribution < -0.4 is 9.47 Å². The van der Waals surface area contributed by atoms with E-state index in [1.165, 1.54) is 0 Å². The van der Waals surface area contributed by atoms with E-state index in [2.05, 4.69) is 0 Å². The number of hydrogen-bond donors (Lipinski definition) is 0. The minimum Gasteiger partial charge on any atom is -0.493 e. The summed E-state index contributed by atoms with van der Waals surface area (Å²) >= 11 is 1.57. The fourth-order valence-electron chi connectivity index (χ4n) is 1.75. The van der Waals surface area contributed by atoms with Crippen molar-refractivity contribution in [3.8, 4) is 11.5 Å². The number of ketones is 1. The normalized spacial score (nSPS) is 10.2. The molecular formula is C14H14O3S. The minimum atomic E-state index is 0.00898. The summed E-state index contributed by atoms with van der Waals surface area (Å²) in [4.78, 5) is 13.3. The van der Waals surface area contributed by atoms with Gasteiger partial charge in [-0.15, -0.1) is 11.3 Å². The molecule has 4 heteroatoms. The maximum Gasteiger partial charge on any atom is 0.194 e. The number of benzene rings is 1. The minimum absolute atomic E-state index is 0.00898. The maximum atomic E-state index is 12.3. The second-order valence-corrected chi connectivity index (χ2v) is 4.91. The molecule has 1 heterocycles. The molecule has 0 amide bonds. The molecule has 0 saturated heterocycles. The molecule has 1 aromatic carbocycles. The van der Waals surface area contributed by atoms with E-state index >= 15 is 0 Å². The van der Waals surface area contributed by atoms with Crippen molar-refractivity contribution in [1.29, 1.82) is 0 Å². The second-order valence-electron chi connectivity index (χ2n) is 3.79. The number of rotatable bonds is 4. The summed E-state index contributed by atoms with van der Waals surface area (Å²) in [6.07, 6.45) is 0. The first-order valence-electron chi connectivity index (χ1n) is 5.48. The monoisotopic (exact) mass is 262 g/mol. The summed E-state index contributed by atoms with van der Waals surface area (Å²) in [5.74, 6) is 1.20. The van der Waals surface area contributed by atoms with E-state index in [0.29, 0.717) is 17.1 Å². The lowest BCUT2D eigenvalue weighted by Gasteiger charge is -2.08. The average Bonchev–Trinajstić information content (AvgIpc) is 2.83. The van der Waals surface area contributed by atoms with Gasteiger partial charge in [-0.05, 0) is 36.6 Å². The Bertz CT molecular complexity index is 572. The van der Waals surface area contributed by atoms with E-state index in [-0.39, 0.29) is 5.78 Å². The summed E-state index contributed by atoms with van der Waals surface area (Å²) in [6, 6.07) is 7.05. The molecule has 18 heavy (non-hydrogen) atoms. The van der Waals surface area contributed by atoms with Crippen LogP contribution in [0.1, 0.15) is 20.8 Å². The van der Waals surface area contributed by atoms with Crippen LogP contribution in [0.5, 0.6) is 11.5 Å². The predicted molar refractivity (Wildman–Crippen MR) is 72.0 cm³/mol. The lowest BCUT2D eigenvalue weighted by Crippen LogP contribution is -2.02. The molecule has 0 aliphatic carbocycles. The molecule has 0 N–H and O–H groups in total. The summed E-state index contributed by atoms with van der Waals surface area (Å²) < 4.78 is 10.4. The number of carbonyl (C=O) groups excluding carboxylic acids is 1. The van der Waals surface area contributed by atoms with Crippen LogP contribution in [0, 0.1) is 6.92 Å². The van der Waals surface area contributed by atoms with Gasteiger partial charge >= 0.3 is 0 Å². The summed E-state index contributed by atoms with van der Waals surface area (Å²) in [7, 11) is 3.13. The number of hydrogen-bond acceptors (Lipinski definition) is 4. The van der Waals surface area contributed by atoms with Crippen molar-refractivity contribution in [2.75, 3.05) is 14.2 Å². The molecule has 0 atom stereocenters. The quantitative estimate of drug-likeness (QED) is 0.793. The third kappa shape index (κ3) is 2.24. The van der Waals surface area contributed by atoms with Gasteiger partial charge in [-0.25, -0.2) is 0 Å². The zero-order chi connectivity index (χ0) is 13.1. The number of ether oxygens (including phenoxy) is 2. The Labute approximate surface area is 110 Å². The van der Waals surface area contributed by atoms with Crippen LogP contribution in [0.4, 0.5) is 0 Å². The molecular weight excluding hydrogens is 248 g/mol. The lowest BCUT2D eigenvalue weighted by atomic mass is 10.0. The van der Waals surface area contributed by atoms with Crippen LogP contribution in [0.2, 0.25) is 0 Å². The summed E-state index contributed by atoms with van der Waals surface area (Å²) in [6.45, 7) is 1.94. The van der Waals surface area contributed by atoms with Gasteiger partial charge in [-0.1, -0.05) is 0 Å². The van der Waals surface area contributed by atoms with Gasteiger partial charge < -0.3 is 9.47 Å². The van der Waals surface area contributed by atoms with Gasteiger partial charge in [0, 0.05) is 16.0 Å².